The zero-order chi connectivity index (χ0) is 23.8. The van der Waals surface area contributed by atoms with Crippen LogP contribution in [-0.4, -0.2) is 62.8 Å². The maximum absolute atomic E-state index is 13.3. The Morgan fingerprint density at radius 2 is 1.76 bits per heavy atom. The molecule has 1 aliphatic carbocycles. The minimum Gasteiger partial charge on any atom is -0.484 e. The maximum atomic E-state index is 13.3. The number of carboxylic acid groups (broad SMARTS) is 1. The molecule has 1 fully saturated rings. The number of fused-ring (bicyclic) bond motifs is 1. The van der Waals surface area contributed by atoms with E-state index in [1.165, 1.54) is 22.5 Å². The largest absolute Gasteiger partial charge is 0.484 e. The average Bonchev–Trinajstić information content (AvgIpc) is 3.22. The van der Waals surface area contributed by atoms with Gasteiger partial charge in [-0.05, 0) is 42.2 Å². The summed E-state index contributed by atoms with van der Waals surface area (Å²) in [7, 11) is -3.81. The number of ether oxygens (including phenoxy) is 1. The number of sulfonamides is 1. The number of nitrogens with zero attached hydrogens (tertiary/aromatic N) is 2. The number of aliphatic carboxylic acids is 1. The molecule has 178 valence electrons. The smallest absolute Gasteiger partial charge is 0.422 e. The second kappa shape index (κ2) is 8.86. The first-order chi connectivity index (χ1) is 15.5. The predicted molar refractivity (Wildman–Crippen MR) is 114 cm³/mol. The Kier molecular flexibility index (Phi) is 6.28. The van der Waals surface area contributed by atoms with Gasteiger partial charge in [0.05, 0.1) is 10.8 Å². The Labute approximate surface area is 189 Å². The predicted octanol–water partition coefficient (Wildman–Crippen LogP) is 2.94. The Morgan fingerprint density at radius 3 is 2.42 bits per heavy atom. The van der Waals surface area contributed by atoms with Gasteiger partial charge in [0, 0.05) is 37.9 Å². The number of benzene rings is 2. The van der Waals surface area contributed by atoms with Gasteiger partial charge in [0.1, 0.15) is 5.75 Å². The molecule has 1 atom stereocenters. The van der Waals surface area contributed by atoms with Gasteiger partial charge in [0.25, 0.3) is 0 Å². The minimum absolute atomic E-state index is 0.0905. The van der Waals surface area contributed by atoms with E-state index in [1.807, 2.05) is 4.90 Å². The third-order valence-electron chi connectivity index (χ3n) is 5.94. The fourth-order valence-electron chi connectivity index (χ4n) is 4.30. The highest BCUT2D eigenvalue weighted by Gasteiger charge is 2.35. The van der Waals surface area contributed by atoms with Crippen molar-refractivity contribution in [3.05, 3.63) is 53.6 Å². The van der Waals surface area contributed by atoms with Crippen molar-refractivity contribution in [3.63, 3.8) is 0 Å². The van der Waals surface area contributed by atoms with Crippen LogP contribution in [0.15, 0.2) is 47.4 Å². The third-order valence-corrected chi connectivity index (χ3v) is 7.92. The molecule has 4 rings (SSSR count). The van der Waals surface area contributed by atoms with Crippen LogP contribution in [0.2, 0.25) is 0 Å². The summed E-state index contributed by atoms with van der Waals surface area (Å²) in [4.78, 5) is 13.4. The molecule has 1 unspecified atom stereocenters. The summed E-state index contributed by atoms with van der Waals surface area (Å²) in [5.41, 5.74) is 1.97. The highest BCUT2D eigenvalue weighted by atomic mass is 32.2. The summed E-state index contributed by atoms with van der Waals surface area (Å²) in [6.07, 6.45) is -3.93. The molecule has 1 aliphatic heterocycles. The van der Waals surface area contributed by atoms with Crippen molar-refractivity contribution in [2.45, 2.75) is 23.9 Å². The molecule has 0 bridgehead atoms. The van der Waals surface area contributed by atoms with Crippen molar-refractivity contribution < 1.29 is 36.2 Å². The normalized spacial score (nSPS) is 19.4. The van der Waals surface area contributed by atoms with Gasteiger partial charge in [-0.25, -0.2) is 8.42 Å². The van der Waals surface area contributed by atoms with E-state index in [0.29, 0.717) is 30.8 Å². The number of alkyl halides is 3. The van der Waals surface area contributed by atoms with E-state index in [1.54, 1.807) is 24.3 Å². The van der Waals surface area contributed by atoms with Crippen molar-refractivity contribution in [2.24, 2.45) is 5.92 Å². The van der Waals surface area contributed by atoms with Crippen LogP contribution in [0.1, 0.15) is 11.1 Å². The first kappa shape index (κ1) is 23.4. The van der Waals surface area contributed by atoms with Gasteiger partial charge in [0.15, 0.2) is 6.61 Å². The lowest BCUT2D eigenvalue weighted by molar-refractivity contribution is -0.153. The molecule has 2 aliphatic rings. The fourth-order valence-corrected chi connectivity index (χ4v) is 5.99. The van der Waals surface area contributed by atoms with Crippen molar-refractivity contribution >= 4 is 21.7 Å². The van der Waals surface area contributed by atoms with E-state index >= 15 is 0 Å². The maximum Gasteiger partial charge on any atom is 0.422 e. The fraction of sp³-hybridized carbons (Fsp3) is 0.409. The van der Waals surface area contributed by atoms with Gasteiger partial charge in [-0.1, -0.05) is 18.2 Å². The van der Waals surface area contributed by atoms with Crippen LogP contribution < -0.4 is 9.64 Å². The molecule has 33 heavy (non-hydrogen) atoms. The molecule has 2 aromatic rings. The van der Waals surface area contributed by atoms with E-state index in [4.69, 9.17) is 4.74 Å². The average molecular weight is 484 g/mol. The second-order valence-corrected chi connectivity index (χ2v) is 10.0. The molecular weight excluding hydrogens is 461 g/mol. The molecule has 0 radical (unpaired) electrons. The standard InChI is InChI=1S/C22H23F3N2O5S/c23-22(24,25)14-32-18-5-2-4-17(13-18)26-7-9-27(10-8-26)33(30,31)20-6-1-3-15-11-16(21(28)29)12-19(15)20/h1-6,13,16H,7-12,14H2,(H,28,29). The number of carboxylic acids is 1. The van der Waals surface area contributed by atoms with Gasteiger partial charge < -0.3 is 14.7 Å². The van der Waals surface area contributed by atoms with E-state index in [0.717, 1.165) is 5.56 Å². The highest BCUT2D eigenvalue weighted by molar-refractivity contribution is 7.89. The molecule has 1 saturated heterocycles. The number of carbonyl (C=O) groups is 1. The molecule has 0 spiro atoms. The summed E-state index contributed by atoms with van der Waals surface area (Å²) >= 11 is 0. The molecule has 0 aromatic heterocycles. The number of piperazine rings is 1. The third kappa shape index (κ3) is 5.09. The Bertz CT molecular complexity index is 1140. The van der Waals surface area contributed by atoms with E-state index in [9.17, 15) is 31.5 Å². The number of anilines is 1. The molecule has 11 heteroatoms. The van der Waals surface area contributed by atoms with Crippen LogP contribution in [0.4, 0.5) is 18.9 Å². The lowest BCUT2D eigenvalue weighted by Crippen LogP contribution is -2.48. The van der Waals surface area contributed by atoms with Gasteiger partial charge in [0.2, 0.25) is 10.0 Å². The lowest BCUT2D eigenvalue weighted by atomic mass is 10.1. The van der Waals surface area contributed by atoms with Crippen LogP contribution in [-0.2, 0) is 27.7 Å². The van der Waals surface area contributed by atoms with Crippen LogP contribution >= 0.6 is 0 Å². The SMILES string of the molecule is O=C(O)C1Cc2cccc(S(=O)(=O)N3CCN(c4cccc(OCC(F)(F)F)c4)CC3)c2C1. The van der Waals surface area contributed by atoms with Gasteiger partial charge in [-0.2, -0.15) is 17.5 Å². The Balaban J connectivity index is 1.45. The molecule has 0 saturated carbocycles. The van der Waals surface area contributed by atoms with Crippen LogP contribution in [0.25, 0.3) is 0 Å². The zero-order valence-electron chi connectivity index (χ0n) is 17.6. The molecule has 0 amide bonds. The van der Waals surface area contributed by atoms with Gasteiger partial charge >= 0.3 is 12.1 Å². The minimum atomic E-state index is -4.43. The van der Waals surface area contributed by atoms with E-state index < -0.39 is 34.7 Å². The van der Waals surface area contributed by atoms with Crippen LogP contribution in [0.5, 0.6) is 5.75 Å². The summed E-state index contributed by atoms with van der Waals surface area (Å²) in [5, 5.41) is 9.33. The van der Waals surface area contributed by atoms with Gasteiger partial charge in [-0.15, -0.1) is 0 Å². The Morgan fingerprint density at radius 1 is 1.06 bits per heavy atom. The van der Waals surface area contributed by atoms with Crippen molar-refractivity contribution in [1.82, 2.24) is 4.31 Å². The molecule has 1 heterocycles. The van der Waals surface area contributed by atoms with Crippen molar-refractivity contribution in [2.75, 3.05) is 37.7 Å². The Hall–Kier alpha value is -2.79. The van der Waals surface area contributed by atoms with Crippen molar-refractivity contribution in [1.29, 1.82) is 0 Å². The topological polar surface area (TPSA) is 87.1 Å². The summed E-state index contributed by atoms with van der Waals surface area (Å²) in [5.74, 6) is -1.47. The van der Waals surface area contributed by atoms with Crippen LogP contribution in [0, 0.1) is 5.92 Å². The molecule has 1 N–H and O–H groups in total. The summed E-state index contributed by atoms with van der Waals surface area (Å²) < 4.78 is 70.1. The second-order valence-electron chi connectivity index (χ2n) is 8.13. The monoisotopic (exact) mass is 484 g/mol. The number of rotatable bonds is 6. The summed E-state index contributed by atoms with van der Waals surface area (Å²) in [6, 6.07) is 11.2. The lowest BCUT2D eigenvalue weighted by Gasteiger charge is -2.35. The zero-order valence-corrected chi connectivity index (χ0v) is 18.4. The van der Waals surface area contributed by atoms with E-state index in [2.05, 4.69) is 0 Å². The number of hydrogen-bond acceptors (Lipinski definition) is 5. The first-order valence-electron chi connectivity index (χ1n) is 10.4. The quantitative estimate of drug-likeness (QED) is 0.679. The number of halogens is 3. The highest BCUT2D eigenvalue weighted by Crippen LogP contribution is 2.34. The molecule has 7 nitrogen and oxygen atoms in total. The van der Waals surface area contributed by atoms with Gasteiger partial charge in [-0.3, -0.25) is 4.79 Å². The number of hydrogen-bond donors (Lipinski definition) is 1. The van der Waals surface area contributed by atoms with Crippen LogP contribution in [0.3, 0.4) is 0 Å². The summed E-state index contributed by atoms with van der Waals surface area (Å²) in [6.45, 7) is -0.278. The molecular formula is C22H23F3N2O5S. The first-order valence-corrected chi connectivity index (χ1v) is 11.9. The van der Waals surface area contributed by atoms with Crippen molar-refractivity contribution in [3.8, 4) is 5.75 Å². The molecule has 2 aromatic carbocycles. The van der Waals surface area contributed by atoms with E-state index in [-0.39, 0.29) is 30.2 Å².